The third kappa shape index (κ3) is 0.900. The molecule has 1 nitrogen and oxygen atoms in total. The largest absolute Gasteiger partial charge is 0.291 e. The van der Waals surface area contributed by atoms with Gasteiger partial charge in [-0.2, -0.15) is 0 Å². The smallest absolute Gasteiger partial charge is 0.0264 e. The Balaban J connectivity index is 2.01. The van der Waals surface area contributed by atoms with Crippen molar-refractivity contribution in [3.05, 3.63) is 0 Å². The van der Waals surface area contributed by atoms with Crippen molar-refractivity contribution in [3.8, 4) is 0 Å². The van der Waals surface area contributed by atoms with Crippen molar-refractivity contribution in [1.82, 2.24) is 4.90 Å². The number of hydrogen-bond donors (Lipinski definition) is 0. The molecule has 3 aliphatic rings. The van der Waals surface area contributed by atoms with Gasteiger partial charge in [0.1, 0.15) is 0 Å². The van der Waals surface area contributed by atoms with Crippen molar-refractivity contribution in [1.29, 1.82) is 0 Å². The average Bonchev–Trinajstić information content (AvgIpc) is 2.71. The van der Waals surface area contributed by atoms with Gasteiger partial charge in [-0.05, 0) is 43.9 Å². The summed E-state index contributed by atoms with van der Waals surface area (Å²) in [6.45, 7) is 7.36. The van der Waals surface area contributed by atoms with E-state index in [2.05, 4.69) is 25.7 Å². The maximum Gasteiger partial charge on any atom is 0.0264 e. The van der Waals surface area contributed by atoms with Crippen molar-refractivity contribution in [2.45, 2.75) is 76.9 Å². The van der Waals surface area contributed by atoms with E-state index in [4.69, 9.17) is 0 Å². The highest BCUT2D eigenvalue weighted by Gasteiger charge is 2.60. The summed E-state index contributed by atoms with van der Waals surface area (Å²) in [5.74, 6) is 0. The van der Waals surface area contributed by atoms with Gasteiger partial charge in [0.05, 0.1) is 0 Å². The van der Waals surface area contributed by atoms with E-state index in [1.165, 1.54) is 38.5 Å². The highest BCUT2D eigenvalue weighted by Crippen LogP contribution is 2.58. The summed E-state index contributed by atoms with van der Waals surface area (Å²) < 4.78 is 0. The van der Waals surface area contributed by atoms with E-state index in [9.17, 15) is 0 Å². The van der Waals surface area contributed by atoms with Crippen LogP contribution in [0.3, 0.4) is 0 Å². The van der Waals surface area contributed by atoms with Crippen molar-refractivity contribution >= 4 is 0 Å². The molecule has 0 spiro atoms. The Labute approximate surface area is 87.9 Å². The van der Waals surface area contributed by atoms with Crippen LogP contribution in [0.15, 0.2) is 0 Å². The second kappa shape index (κ2) is 2.55. The summed E-state index contributed by atoms with van der Waals surface area (Å²) in [6.07, 6.45) is 8.88. The maximum absolute atomic E-state index is 2.94. The molecule has 3 heterocycles. The van der Waals surface area contributed by atoms with E-state index in [0.29, 0.717) is 11.0 Å². The molecular weight excluding hydrogens is 170 g/mol. The van der Waals surface area contributed by atoms with E-state index in [-0.39, 0.29) is 0 Å². The van der Waals surface area contributed by atoms with Crippen LogP contribution < -0.4 is 0 Å². The van der Waals surface area contributed by atoms with Crippen LogP contribution in [0, 0.1) is 5.41 Å². The minimum Gasteiger partial charge on any atom is -0.291 e. The summed E-state index contributed by atoms with van der Waals surface area (Å²) in [7, 11) is 0. The normalized spacial score (nSPS) is 47.4. The van der Waals surface area contributed by atoms with Crippen LogP contribution in [0.2, 0.25) is 0 Å². The van der Waals surface area contributed by atoms with Gasteiger partial charge in [0.2, 0.25) is 0 Å². The minimum atomic E-state index is 0.487. The summed E-state index contributed by atoms with van der Waals surface area (Å²) >= 11 is 0. The summed E-state index contributed by atoms with van der Waals surface area (Å²) in [5.41, 5.74) is 1.07. The molecule has 3 aliphatic heterocycles. The first-order valence-electron chi connectivity index (χ1n) is 6.33. The quantitative estimate of drug-likeness (QED) is 0.571. The first-order chi connectivity index (χ1) is 6.55. The van der Waals surface area contributed by atoms with E-state index in [0.717, 1.165) is 12.1 Å². The monoisotopic (exact) mass is 193 g/mol. The Bertz CT molecular complexity index is 234. The lowest BCUT2D eigenvalue weighted by Crippen LogP contribution is -2.51. The highest BCUT2D eigenvalue weighted by molar-refractivity contribution is 5.15. The second-order valence-corrected chi connectivity index (χ2v) is 6.65. The molecule has 0 aromatic carbocycles. The molecule has 0 bridgehead atoms. The third-order valence-corrected chi connectivity index (χ3v) is 5.29. The van der Waals surface area contributed by atoms with Gasteiger partial charge in [-0.15, -0.1) is 0 Å². The van der Waals surface area contributed by atoms with Gasteiger partial charge >= 0.3 is 0 Å². The summed E-state index contributed by atoms with van der Waals surface area (Å²) in [5, 5.41) is 0. The van der Waals surface area contributed by atoms with Crippen LogP contribution in [0.1, 0.15) is 59.3 Å². The topological polar surface area (TPSA) is 3.24 Å². The van der Waals surface area contributed by atoms with E-state index < -0.39 is 0 Å². The van der Waals surface area contributed by atoms with Crippen molar-refractivity contribution in [2.24, 2.45) is 5.41 Å². The van der Waals surface area contributed by atoms with Crippen LogP contribution in [-0.2, 0) is 0 Å². The van der Waals surface area contributed by atoms with Gasteiger partial charge in [-0.1, -0.05) is 20.8 Å². The molecule has 0 aliphatic carbocycles. The first-order valence-corrected chi connectivity index (χ1v) is 6.33. The minimum absolute atomic E-state index is 0.487. The molecule has 0 radical (unpaired) electrons. The molecule has 0 aromatic rings. The molecule has 0 saturated carbocycles. The zero-order chi connectivity index (χ0) is 9.97. The fourth-order valence-corrected chi connectivity index (χ4v) is 4.56. The second-order valence-electron chi connectivity index (χ2n) is 6.65. The Morgan fingerprint density at radius 2 is 1.43 bits per heavy atom. The van der Waals surface area contributed by atoms with Gasteiger partial charge in [0.15, 0.2) is 0 Å². The van der Waals surface area contributed by atoms with Gasteiger partial charge in [-0.3, -0.25) is 4.90 Å². The molecular formula is C13H23N. The molecule has 3 rings (SSSR count). The fraction of sp³-hybridized carbons (Fsp3) is 1.00. The molecule has 0 amide bonds. The van der Waals surface area contributed by atoms with Crippen LogP contribution in [-0.4, -0.2) is 22.5 Å². The van der Waals surface area contributed by atoms with Crippen LogP contribution >= 0.6 is 0 Å². The maximum atomic E-state index is 2.94. The first kappa shape index (κ1) is 9.21. The van der Waals surface area contributed by atoms with Gasteiger partial charge < -0.3 is 0 Å². The number of nitrogens with zero attached hydrogens (tertiary/aromatic N) is 1. The van der Waals surface area contributed by atoms with Crippen LogP contribution in [0.4, 0.5) is 0 Å². The lowest BCUT2D eigenvalue weighted by atomic mass is 9.71. The standard InChI is InChI=1S/C13H23N/c1-12(2,3)13-8-6-10-4-5-11(7-9-13)14(10)13/h10-11H,4-9H2,1-3H3. The van der Waals surface area contributed by atoms with E-state index in [1.54, 1.807) is 0 Å². The molecule has 0 aromatic heterocycles. The van der Waals surface area contributed by atoms with E-state index in [1.807, 2.05) is 0 Å². The fourth-order valence-electron chi connectivity index (χ4n) is 4.56. The van der Waals surface area contributed by atoms with Crippen molar-refractivity contribution < 1.29 is 0 Å². The highest BCUT2D eigenvalue weighted by atomic mass is 15.3. The molecule has 3 fully saturated rings. The predicted molar refractivity (Wildman–Crippen MR) is 59.3 cm³/mol. The Morgan fingerprint density at radius 3 is 1.86 bits per heavy atom. The Morgan fingerprint density at radius 1 is 0.929 bits per heavy atom. The van der Waals surface area contributed by atoms with Crippen molar-refractivity contribution in [3.63, 3.8) is 0 Å². The number of hydrogen-bond acceptors (Lipinski definition) is 1. The Kier molecular flexibility index (Phi) is 1.68. The molecule has 0 N–H and O–H groups in total. The predicted octanol–water partition coefficient (Wildman–Crippen LogP) is 3.19. The molecule has 2 unspecified atom stereocenters. The average molecular weight is 193 g/mol. The summed E-state index contributed by atoms with van der Waals surface area (Å²) in [6, 6.07) is 1.92. The molecule has 80 valence electrons. The molecule has 2 atom stereocenters. The molecule has 14 heavy (non-hydrogen) atoms. The number of rotatable bonds is 0. The Hall–Kier alpha value is -0.0400. The van der Waals surface area contributed by atoms with Gasteiger partial charge in [0, 0.05) is 17.6 Å². The van der Waals surface area contributed by atoms with Gasteiger partial charge in [0.25, 0.3) is 0 Å². The third-order valence-electron chi connectivity index (χ3n) is 5.29. The molecule has 1 heteroatoms. The van der Waals surface area contributed by atoms with Gasteiger partial charge in [-0.25, -0.2) is 0 Å². The van der Waals surface area contributed by atoms with Crippen LogP contribution in [0.25, 0.3) is 0 Å². The zero-order valence-corrected chi connectivity index (χ0v) is 9.84. The lowest BCUT2D eigenvalue weighted by molar-refractivity contribution is 0.0394. The zero-order valence-electron chi connectivity index (χ0n) is 9.84. The van der Waals surface area contributed by atoms with E-state index >= 15 is 0 Å². The summed E-state index contributed by atoms with van der Waals surface area (Å²) in [4.78, 5) is 2.94. The lowest BCUT2D eigenvalue weighted by Gasteiger charge is -2.45. The SMILES string of the molecule is CC(C)(C)C12CCC3CCC(CC1)N32. The molecule has 3 saturated heterocycles. The van der Waals surface area contributed by atoms with Crippen molar-refractivity contribution in [2.75, 3.05) is 0 Å². The van der Waals surface area contributed by atoms with Crippen LogP contribution in [0.5, 0.6) is 0 Å².